The van der Waals surface area contributed by atoms with Gasteiger partial charge >= 0.3 is 0 Å². The van der Waals surface area contributed by atoms with Gasteiger partial charge in [-0.1, -0.05) is 67.9 Å². The zero-order valence-electron chi connectivity index (χ0n) is 18.9. The maximum Gasteiger partial charge on any atom is 0.115 e. The van der Waals surface area contributed by atoms with Crippen molar-refractivity contribution in [3.8, 4) is 0 Å². The van der Waals surface area contributed by atoms with Crippen LogP contribution in [0.4, 0.5) is 0 Å². The molecule has 0 spiro atoms. The van der Waals surface area contributed by atoms with Gasteiger partial charge in [0.1, 0.15) is 6.23 Å². The third kappa shape index (κ3) is 4.34. The predicted octanol–water partition coefficient (Wildman–Crippen LogP) is 5.72. The number of benzene rings is 2. The monoisotopic (exact) mass is 407 g/mol. The van der Waals surface area contributed by atoms with E-state index in [1.54, 1.807) is 0 Å². The summed E-state index contributed by atoms with van der Waals surface area (Å²) in [7, 11) is 0. The van der Waals surface area contributed by atoms with Crippen LogP contribution in [0.1, 0.15) is 69.8 Å². The molecule has 2 aromatic rings. The second kappa shape index (κ2) is 8.82. The summed E-state index contributed by atoms with van der Waals surface area (Å²) in [4.78, 5) is 2.58. The molecule has 1 saturated heterocycles. The normalized spacial score (nSPS) is 29.9. The Labute approximate surface area is 182 Å². The zero-order valence-corrected chi connectivity index (χ0v) is 18.9. The Kier molecular flexibility index (Phi) is 6.34. The number of hydrogen-bond donors (Lipinski definition) is 1. The van der Waals surface area contributed by atoms with E-state index in [0.29, 0.717) is 12.0 Å². The second-order valence-corrected chi connectivity index (χ2v) is 10.00. The summed E-state index contributed by atoms with van der Waals surface area (Å²) < 4.78 is 6.86. The van der Waals surface area contributed by atoms with Crippen molar-refractivity contribution >= 4 is 0 Å². The van der Waals surface area contributed by atoms with Crippen molar-refractivity contribution in [2.24, 2.45) is 11.8 Å². The number of hydrogen-bond acceptors (Lipinski definition) is 3. The average molecular weight is 408 g/mol. The Morgan fingerprint density at radius 2 is 1.77 bits per heavy atom. The summed E-state index contributed by atoms with van der Waals surface area (Å²) in [5, 5.41) is 10.3. The van der Waals surface area contributed by atoms with Crippen LogP contribution in [0.2, 0.25) is 0 Å². The molecule has 3 heteroatoms. The van der Waals surface area contributed by atoms with Gasteiger partial charge in [-0.3, -0.25) is 4.90 Å². The van der Waals surface area contributed by atoms with E-state index in [2.05, 4.69) is 68.1 Å². The molecule has 0 bridgehead atoms. The van der Waals surface area contributed by atoms with Crippen molar-refractivity contribution in [3.05, 3.63) is 71.3 Å². The van der Waals surface area contributed by atoms with Crippen LogP contribution in [0.15, 0.2) is 54.6 Å². The van der Waals surface area contributed by atoms with Gasteiger partial charge in [0.05, 0.1) is 12.2 Å². The van der Waals surface area contributed by atoms with Crippen LogP contribution in [0.5, 0.6) is 0 Å². The molecule has 30 heavy (non-hydrogen) atoms. The molecule has 1 N–H and O–H groups in total. The van der Waals surface area contributed by atoms with E-state index in [9.17, 15) is 5.11 Å². The van der Waals surface area contributed by atoms with Gasteiger partial charge in [0.15, 0.2) is 0 Å². The lowest BCUT2D eigenvalue weighted by atomic mass is 9.69. The molecule has 1 saturated carbocycles. The highest BCUT2D eigenvalue weighted by atomic mass is 16.5. The number of fused-ring (bicyclic) bond motifs is 1. The van der Waals surface area contributed by atoms with Crippen molar-refractivity contribution in [1.82, 2.24) is 4.90 Å². The molecule has 5 atom stereocenters. The lowest BCUT2D eigenvalue weighted by molar-refractivity contribution is -0.236. The molecular weight excluding hydrogens is 370 g/mol. The highest BCUT2D eigenvalue weighted by Crippen LogP contribution is 2.46. The summed E-state index contributed by atoms with van der Waals surface area (Å²) >= 11 is 0. The Hall–Kier alpha value is -1.68. The van der Waals surface area contributed by atoms with E-state index in [4.69, 9.17) is 4.74 Å². The number of nitrogens with zero attached hydrogens (tertiary/aromatic N) is 1. The first-order valence-electron chi connectivity index (χ1n) is 11.6. The van der Waals surface area contributed by atoms with Crippen molar-refractivity contribution < 1.29 is 9.84 Å². The standard InChI is InChI=1S/C27H37NO2/c1-19-14-15-24-25(16-19)30-26(17-22-12-8-9-13-23(22)20(2)29)28(27(24,3)4)18-21-10-6-5-7-11-21/h5-13,19-20,24-26,29H,14-18H2,1-4H3/t19-,20+,24-,25-,26+/m1/s1. The van der Waals surface area contributed by atoms with Gasteiger partial charge in [-0.25, -0.2) is 0 Å². The zero-order chi connectivity index (χ0) is 21.3. The maximum atomic E-state index is 10.3. The lowest BCUT2D eigenvalue weighted by Gasteiger charge is -2.57. The smallest absolute Gasteiger partial charge is 0.115 e. The Morgan fingerprint density at radius 1 is 1.07 bits per heavy atom. The fraction of sp³-hybridized carbons (Fsp3) is 0.556. The van der Waals surface area contributed by atoms with Crippen LogP contribution in [0, 0.1) is 11.8 Å². The number of ether oxygens (including phenoxy) is 1. The molecule has 1 aliphatic carbocycles. The topological polar surface area (TPSA) is 32.7 Å². The molecule has 4 rings (SSSR count). The molecular formula is C27H37NO2. The lowest BCUT2D eigenvalue weighted by Crippen LogP contribution is -2.64. The minimum Gasteiger partial charge on any atom is -0.389 e. The third-order valence-corrected chi connectivity index (χ3v) is 7.48. The van der Waals surface area contributed by atoms with Crippen LogP contribution in [0.3, 0.4) is 0 Å². The van der Waals surface area contributed by atoms with Gasteiger partial charge in [0.25, 0.3) is 0 Å². The van der Waals surface area contributed by atoms with E-state index in [1.165, 1.54) is 24.0 Å². The average Bonchev–Trinajstić information content (AvgIpc) is 2.71. The fourth-order valence-electron chi connectivity index (χ4n) is 5.71. The van der Waals surface area contributed by atoms with E-state index in [0.717, 1.165) is 30.9 Å². The molecule has 0 aromatic heterocycles. The van der Waals surface area contributed by atoms with Crippen molar-refractivity contribution in [2.45, 2.75) is 83.9 Å². The van der Waals surface area contributed by atoms with Gasteiger partial charge in [0.2, 0.25) is 0 Å². The number of rotatable bonds is 5. The molecule has 1 heterocycles. The SMILES string of the molecule is C[C@@H]1CC[C@@H]2[C@@H](C1)O[C@@H](Cc1ccccc1[C@H](C)O)N(Cc1ccccc1)C2(C)C. The van der Waals surface area contributed by atoms with Gasteiger partial charge in [-0.2, -0.15) is 0 Å². The molecule has 2 aromatic carbocycles. The molecule has 2 fully saturated rings. The quantitative estimate of drug-likeness (QED) is 0.687. The highest BCUT2D eigenvalue weighted by Gasteiger charge is 2.50. The predicted molar refractivity (Wildman–Crippen MR) is 122 cm³/mol. The second-order valence-electron chi connectivity index (χ2n) is 10.00. The molecule has 2 aliphatic rings. The first-order valence-corrected chi connectivity index (χ1v) is 11.6. The van der Waals surface area contributed by atoms with E-state index in [-0.39, 0.29) is 11.8 Å². The van der Waals surface area contributed by atoms with E-state index in [1.807, 2.05) is 19.1 Å². The number of aliphatic hydroxyl groups excluding tert-OH is 1. The highest BCUT2D eigenvalue weighted by molar-refractivity contribution is 5.29. The maximum absolute atomic E-state index is 10.3. The van der Waals surface area contributed by atoms with Gasteiger partial charge in [0, 0.05) is 24.4 Å². The van der Waals surface area contributed by atoms with E-state index < -0.39 is 6.10 Å². The molecule has 162 valence electrons. The van der Waals surface area contributed by atoms with Crippen LogP contribution in [0.25, 0.3) is 0 Å². The first-order chi connectivity index (χ1) is 14.4. The minimum absolute atomic E-state index is 0.00616. The molecule has 1 aliphatic heterocycles. The van der Waals surface area contributed by atoms with Crippen LogP contribution < -0.4 is 0 Å². The van der Waals surface area contributed by atoms with Crippen molar-refractivity contribution in [3.63, 3.8) is 0 Å². The van der Waals surface area contributed by atoms with E-state index >= 15 is 0 Å². The fourth-order valence-corrected chi connectivity index (χ4v) is 5.71. The summed E-state index contributed by atoms with van der Waals surface area (Å²) in [5.74, 6) is 1.29. The van der Waals surface area contributed by atoms with Crippen molar-refractivity contribution in [2.75, 3.05) is 0 Å². The number of aliphatic hydroxyl groups is 1. The molecule has 0 unspecified atom stereocenters. The Balaban J connectivity index is 1.67. The molecule has 0 radical (unpaired) electrons. The molecule has 0 amide bonds. The largest absolute Gasteiger partial charge is 0.389 e. The summed E-state index contributed by atoms with van der Waals surface area (Å²) in [5.41, 5.74) is 3.58. The summed E-state index contributed by atoms with van der Waals surface area (Å²) in [6.45, 7) is 9.93. The van der Waals surface area contributed by atoms with Crippen LogP contribution >= 0.6 is 0 Å². The Morgan fingerprint density at radius 3 is 2.50 bits per heavy atom. The summed E-state index contributed by atoms with van der Waals surface area (Å²) in [6.07, 6.45) is 4.34. The third-order valence-electron chi connectivity index (χ3n) is 7.48. The van der Waals surface area contributed by atoms with Crippen LogP contribution in [-0.4, -0.2) is 27.9 Å². The minimum atomic E-state index is -0.470. The van der Waals surface area contributed by atoms with Gasteiger partial charge < -0.3 is 9.84 Å². The molecule has 3 nitrogen and oxygen atoms in total. The van der Waals surface area contributed by atoms with Crippen molar-refractivity contribution in [1.29, 1.82) is 0 Å². The van der Waals surface area contributed by atoms with Gasteiger partial charge in [-0.15, -0.1) is 0 Å². The first kappa shape index (κ1) is 21.5. The van der Waals surface area contributed by atoms with Crippen LogP contribution in [-0.2, 0) is 17.7 Å². The Bertz CT molecular complexity index is 832. The summed E-state index contributed by atoms with van der Waals surface area (Å²) in [6, 6.07) is 19.0. The van der Waals surface area contributed by atoms with Gasteiger partial charge in [-0.05, 0) is 56.2 Å².